The number of hydrogen-bond donors (Lipinski definition) is 0. The number of ether oxygens (including phenoxy) is 1. The van der Waals surface area contributed by atoms with Gasteiger partial charge >= 0.3 is 40.0 Å². The summed E-state index contributed by atoms with van der Waals surface area (Å²) in [7, 11) is -4.09. The van der Waals surface area contributed by atoms with Crippen LogP contribution in [0.1, 0.15) is 85.9 Å². The van der Waals surface area contributed by atoms with Crippen LogP contribution in [0.4, 0.5) is 0 Å². The zero-order chi connectivity index (χ0) is 19.5. The molecule has 9 heteroatoms. The van der Waals surface area contributed by atoms with Crippen molar-refractivity contribution in [2.75, 3.05) is 26.4 Å². The van der Waals surface area contributed by atoms with Crippen molar-refractivity contribution in [3.8, 4) is 0 Å². The average molecular weight is 421 g/mol. The summed E-state index contributed by atoms with van der Waals surface area (Å²) in [6.45, 7) is 4.11. The molecular formula is C18H37NaO7S. The fraction of sp³-hybridized carbons (Fsp3) is 0.944. The van der Waals surface area contributed by atoms with E-state index in [4.69, 9.17) is 4.74 Å². The van der Waals surface area contributed by atoms with Crippen molar-refractivity contribution in [2.24, 2.45) is 0 Å². The van der Waals surface area contributed by atoms with Gasteiger partial charge in [-0.05, 0) is 13.3 Å². The molecule has 0 aliphatic carbocycles. The third-order valence-electron chi connectivity index (χ3n) is 3.79. The van der Waals surface area contributed by atoms with Crippen LogP contribution in [-0.4, -0.2) is 40.6 Å². The second-order valence-corrected chi connectivity index (χ2v) is 7.37. The SMILES string of the molecule is CCCCCCCCCCCC(=O)CCOCCOOS(=O)(=O)OCC.[H-].[Na+]. The van der Waals surface area contributed by atoms with E-state index in [1.54, 1.807) is 0 Å². The molecule has 0 heterocycles. The molecule has 0 aliphatic rings. The fourth-order valence-corrected chi connectivity index (χ4v) is 2.91. The first-order valence-corrected chi connectivity index (χ1v) is 11.1. The van der Waals surface area contributed by atoms with Crippen LogP contribution in [0.25, 0.3) is 0 Å². The van der Waals surface area contributed by atoms with E-state index in [9.17, 15) is 13.2 Å². The van der Waals surface area contributed by atoms with Crippen molar-refractivity contribution in [3.05, 3.63) is 0 Å². The number of unbranched alkanes of at least 4 members (excludes halogenated alkanes) is 8. The van der Waals surface area contributed by atoms with Crippen LogP contribution in [0.15, 0.2) is 0 Å². The zero-order valence-electron chi connectivity index (χ0n) is 18.4. The Labute approximate surface area is 188 Å². The van der Waals surface area contributed by atoms with Crippen LogP contribution in [0.2, 0.25) is 0 Å². The fourth-order valence-electron chi connectivity index (χ4n) is 2.40. The van der Waals surface area contributed by atoms with E-state index in [0.29, 0.717) is 19.4 Å². The maximum absolute atomic E-state index is 11.7. The van der Waals surface area contributed by atoms with Gasteiger partial charge in [-0.2, -0.15) is 8.42 Å². The van der Waals surface area contributed by atoms with Gasteiger partial charge in [0.2, 0.25) is 0 Å². The standard InChI is InChI=1S/C18H36O7S.Na.H/c1-3-5-6-7-8-9-10-11-12-13-18(19)14-15-22-16-17-23-25-26(20,21)24-4-2;;/h3-17H2,1-2H3;;/q;+1;-1. The van der Waals surface area contributed by atoms with Crippen LogP contribution in [-0.2, 0) is 33.3 Å². The molecule has 7 nitrogen and oxygen atoms in total. The Balaban J connectivity index is -0.00000312. The minimum atomic E-state index is -4.09. The second kappa shape index (κ2) is 21.2. The smallest absolute Gasteiger partial charge is 1.00 e. The van der Waals surface area contributed by atoms with Gasteiger partial charge in [0.1, 0.15) is 12.4 Å². The normalized spacial score (nSPS) is 11.3. The van der Waals surface area contributed by atoms with Gasteiger partial charge in [-0.25, -0.2) is 9.07 Å². The summed E-state index contributed by atoms with van der Waals surface area (Å²) in [5, 5.41) is 0. The van der Waals surface area contributed by atoms with Gasteiger partial charge in [-0.3, -0.25) is 4.79 Å². The molecule has 0 N–H and O–H groups in total. The monoisotopic (exact) mass is 420 g/mol. The number of rotatable bonds is 20. The molecule has 0 aromatic carbocycles. The van der Waals surface area contributed by atoms with Gasteiger partial charge in [0.15, 0.2) is 0 Å². The summed E-state index contributed by atoms with van der Waals surface area (Å²) in [5.74, 6) is 0.198. The van der Waals surface area contributed by atoms with Crippen molar-refractivity contribution < 1.29 is 62.3 Å². The Bertz CT molecular complexity index is 436. The summed E-state index contributed by atoms with van der Waals surface area (Å²) < 4.78 is 35.6. The van der Waals surface area contributed by atoms with Crippen molar-refractivity contribution in [3.63, 3.8) is 0 Å². The van der Waals surface area contributed by atoms with E-state index in [0.717, 1.165) is 12.8 Å². The van der Waals surface area contributed by atoms with E-state index in [1.807, 2.05) is 0 Å². The first kappa shape index (κ1) is 29.7. The van der Waals surface area contributed by atoms with Crippen LogP contribution in [0.3, 0.4) is 0 Å². The first-order valence-electron chi connectivity index (χ1n) is 9.81. The third kappa shape index (κ3) is 22.6. The van der Waals surface area contributed by atoms with Crippen molar-refractivity contribution in [1.82, 2.24) is 0 Å². The van der Waals surface area contributed by atoms with Gasteiger partial charge < -0.3 is 6.16 Å². The molecule has 0 aliphatic heterocycles. The second-order valence-electron chi connectivity index (χ2n) is 6.18. The summed E-state index contributed by atoms with van der Waals surface area (Å²) >= 11 is 0. The van der Waals surface area contributed by atoms with E-state index in [1.165, 1.54) is 51.9 Å². The number of ketones is 1. The van der Waals surface area contributed by atoms with Crippen LogP contribution in [0, 0.1) is 0 Å². The van der Waals surface area contributed by atoms with E-state index < -0.39 is 10.4 Å². The largest absolute Gasteiger partial charge is 1.00 e. The van der Waals surface area contributed by atoms with Crippen LogP contribution >= 0.6 is 0 Å². The van der Waals surface area contributed by atoms with Crippen molar-refractivity contribution >= 4 is 16.2 Å². The molecule has 0 atom stereocenters. The molecule has 0 spiro atoms. The summed E-state index contributed by atoms with van der Waals surface area (Å²) in [4.78, 5) is 16.2. The number of hydrogen-bond acceptors (Lipinski definition) is 7. The molecule has 0 radical (unpaired) electrons. The maximum atomic E-state index is 11.7. The predicted octanol–water partition coefficient (Wildman–Crippen LogP) is 1.23. The van der Waals surface area contributed by atoms with Gasteiger partial charge in [0.25, 0.3) is 0 Å². The molecule has 0 rings (SSSR count). The molecular weight excluding hydrogens is 383 g/mol. The Morgan fingerprint density at radius 1 is 0.815 bits per heavy atom. The third-order valence-corrected chi connectivity index (χ3v) is 4.58. The number of carbonyl (C=O) groups is 1. The van der Waals surface area contributed by atoms with Crippen molar-refractivity contribution in [1.29, 1.82) is 0 Å². The predicted molar refractivity (Wildman–Crippen MR) is 101 cm³/mol. The molecule has 27 heavy (non-hydrogen) atoms. The molecule has 0 aromatic rings. The summed E-state index contributed by atoms with van der Waals surface area (Å²) in [6, 6.07) is 0. The maximum Gasteiger partial charge on any atom is 1.00 e. The molecule has 0 unspecified atom stereocenters. The number of Topliss-reactive ketones (excluding diaryl/α,β-unsaturated/α-hetero) is 1. The molecule has 0 saturated heterocycles. The van der Waals surface area contributed by atoms with E-state index >= 15 is 0 Å². The average Bonchev–Trinajstić information content (AvgIpc) is 2.59. The van der Waals surface area contributed by atoms with Crippen molar-refractivity contribution in [2.45, 2.75) is 84.5 Å². The molecule has 0 amide bonds. The molecule has 0 aromatic heterocycles. The number of carbonyl (C=O) groups excluding carboxylic acids is 1. The molecule has 0 saturated carbocycles. The Hall–Kier alpha value is 0.460. The van der Waals surface area contributed by atoms with E-state index in [-0.39, 0.29) is 56.6 Å². The van der Waals surface area contributed by atoms with Gasteiger partial charge in [0, 0.05) is 12.8 Å². The Morgan fingerprint density at radius 3 is 2.00 bits per heavy atom. The van der Waals surface area contributed by atoms with Crippen LogP contribution in [0.5, 0.6) is 0 Å². The zero-order valence-corrected chi connectivity index (χ0v) is 20.2. The topological polar surface area (TPSA) is 88.1 Å². The summed E-state index contributed by atoms with van der Waals surface area (Å²) in [5.41, 5.74) is 0. The van der Waals surface area contributed by atoms with Gasteiger partial charge in [0.05, 0.1) is 19.8 Å². The molecule has 158 valence electrons. The van der Waals surface area contributed by atoms with Gasteiger partial charge in [-0.1, -0.05) is 62.6 Å². The van der Waals surface area contributed by atoms with Gasteiger partial charge in [-0.15, -0.1) is 0 Å². The summed E-state index contributed by atoms with van der Waals surface area (Å²) in [6.07, 6.45) is 12.1. The minimum absolute atomic E-state index is 0. The first-order chi connectivity index (χ1) is 12.5. The Kier molecular flexibility index (Phi) is 23.3. The Morgan fingerprint density at radius 2 is 1.41 bits per heavy atom. The minimum Gasteiger partial charge on any atom is -1.00 e. The quantitative estimate of drug-likeness (QED) is 0.127. The molecule has 0 fully saturated rings. The molecule has 0 bridgehead atoms. The van der Waals surface area contributed by atoms with E-state index in [2.05, 4.69) is 20.3 Å². The van der Waals surface area contributed by atoms with Crippen LogP contribution < -0.4 is 29.6 Å².